The monoisotopic (exact) mass is 283 g/mol. The van der Waals surface area contributed by atoms with Crippen molar-refractivity contribution in [1.82, 2.24) is 4.98 Å². The SMILES string of the molecule is Cc1ccc(N)c(C(=O)Nc2nc3ccccc3s2)c1. The van der Waals surface area contributed by atoms with Gasteiger partial charge in [-0.05, 0) is 31.2 Å². The summed E-state index contributed by atoms with van der Waals surface area (Å²) < 4.78 is 1.04. The Hall–Kier alpha value is -2.40. The molecule has 0 aliphatic heterocycles. The van der Waals surface area contributed by atoms with Crippen LogP contribution in [-0.4, -0.2) is 10.9 Å². The van der Waals surface area contributed by atoms with E-state index in [1.165, 1.54) is 11.3 Å². The third kappa shape index (κ3) is 2.35. The molecule has 100 valence electrons. The number of hydrogen-bond donors (Lipinski definition) is 2. The molecule has 5 heteroatoms. The fourth-order valence-electron chi connectivity index (χ4n) is 1.96. The number of thiazole rings is 1. The Kier molecular flexibility index (Phi) is 3.12. The Morgan fingerprint density at radius 1 is 1.25 bits per heavy atom. The van der Waals surface area contributed by atoms with Gasteiger partial charge in [-0.3, -0.25) is 10.1 Å². The molecule has 0 radical (unpaired) electrons. The lowest BCUT2D eigenvalue weighted by atomic mass is 10.1. The summed E-state index contributed by atoms with van der Waals surface area (Å²) in [5, 5.41) is 3.38. The number of aromatic nitrogens is 1. The molecule has 0 atom stereocenters. The number of hydrogen-bond acceptors (Lipinski definition) is 4. The van der Waals surface area contributed by atoms with E-state index in [4.69, 9.17) is 5.73 Å². The number of fused-ring (bicyclic) bond motifs is 1. The number of carbonyl (C=O) groups excluding carboxylic acids is 1. The van der Waals surface area contributed by atoms with Gasteiger partial charge in [-0.1, -0.05) is 35.1 Å². The minimum Gasteiger partial charge on any atom is -0.398 e. The first kappa shape index (κ1) is 12.6. The van der Waals surface area contributed by atoms with Crippen LogP contribution in [0.4, 0.5) is 10.8 Å². The third-order valence-electron chi connectivity index (χ3n) is 2.97. The number of aryl methyl sites for hydroxylation is 1. The van der Waals surface area contributed by atoms with Crippen molar-refractivity contribution in [2.24, 2.45) is 0 Å². The molecule has 1 amide bonds. The van der Waals surface area contributed by atoms with E-state index in [1.54, 1.807) is 12.1 Å². The number of amides is 1. The Morgan fingerprint density at radius 2 is 2.05 bits per heavy atom. The molecule has 2 aromatic carbocycles. The molecule has 0 aliphatic carbocycles. The van der Waals surface area contributed by atoms with Crippen LogP contribution in [0.5, 0.6) is 0 Å². The van der Waals surface area contributed by atoms with E-state index in [1.807, 2.05) is 37.3 Å². The molecule has 0 saturated carbocycles. The van der Waals surface area contributed by atoms with Gasteiger partial charge in [-0.2, -0.15) is 0 Å². The normalized spacial score (nSPS) is 10.7. The largest absolute Gasteiger partial charge is 0.398 e. The third-order valence-corrected chi connectivity index (χ3v) is 3.92. The van der Waals surface area contributed by atoms with E-state index >= 15 is 0 Å². The molecule has 0 fully saturated rings. The second kappa shape index (κ2) is 4.94. The fraction of sp³-hybridized carbons (Fsp3) is 0.0667. The van der Waals surface area contributed by atoms with Crippen LogP contribution in [0.3, 0.4) is 0 Å². The van der Waals surface area contributed by atoms with E-state index in [2.05, 4.69) is 10.3 Å². The molecule has 0 unspecified atom stereocenters. The number of carbonyl (C=O) groups is 1. The van der Waals surface area contributed by atoms with Gasteiger partial charge in [0.25, 0.3) is 5.91 Å². The zero-order valence-corrected chi connectivity index (χ0v) is 11.7. The van der Waals surface area contributed by atoms with Gasteiger partial charge in [0.05, 0.1) is 15.8 Å². The lowest BCUT2D eigenvalue weighted by Gasteiger charge is -2.06. The van der Waals surface area contributed by atoms with Crippen LogP contribution in [0.15, 0.2) is 42.5 Å². The highest BCUT2D eigenvalue weighted by Gasteiger charge is 2.12. The highest BCUT2D eigenvalue weighted by atomic mass is 32.1. The number of rotatable bonds is 2. The Morgan fingerprint density at radius 3 is 2.85 bits per heavy atom. The topological polar surface area (TPSA) is 68.0 Å². The zero-order valence-electron chi connectivity index (χ0n) is 10.9. The van der Waals surface area contributed by atoms with E-state index in [-0.39, 0.29) is 5.91 Å². The molecule has 0 spiro atoms. The summed E-state index contributed by atoms with van der Waals surface area (Å²) >= 11 is 1.45. The average molecular weight is 283 g/mol. The summed E-state index contributed by atoms with van der Waals surface area (Å²) in [5.41, 5.74) is 8.66. The first-order valence-electron chi connectivity index (χ1n) is 6.16. The minimum atomic E-state index is -0.231. The summed E-state index contributed by atoms with van der Waals surface area (Å²) in [6, 6.07) is 13.2. The summed E-state index contributed by atoms with van der Waals surface area (Å²) in [5.74, 6) is -0.231. The molecule has 4 nitrogen and oxygen atoms in total. The Balaban J connectivity index is 1.90. The van der Waals surface area contributed by atoms with Crippen molar-refractivity contribution in [2.75, 3.05) is 11.1 Å². The van der Waals surface area contributed by atoms with Crippen molar-refractivity contribution in [3.05, 3.63) is 53.6 Å². The maximum atomic E-state index is 12.2. The van der Waals surface area contributed by atoms with Crippen LogP contribution in [0, 0.1) is 6.92 Å². The summed E-state index contributed by atoms with van der Waals surface area (Å²) in [6.07, 6.45) is 0. The smallest absolute Gasteiger partial charge is 0.259 e. The van der Waals surface area contributed by atoms with E-state index in [9.17, 15) is 4.79 Å². The van der Waals surface area contributed by atoms with Crippen LogP contribution < -0.4 is 11.1 Å². The van der Waals surface area contributed by atoms with Gasteiger partial charge in [-0.25, -0.2) is 4.98 Å². The van der Waals surface area contributed by atoms with Crippen LogP contribution in [0.2, 0.25) is 0 Å². The van der Waals surface area contributed by atoms with E-state index < -0.39 is 0 Å². The molecule has 1 aromatic heterocycles. The van der Waals surface area contributed by atoms with Gasteiger partial charge >= 0.3 is 0 Å². The molecule has 20 heavy (non-hydrogen) atoms. The van der Waals surface area contributed by atoms with Crippen LogP contribution >= 0.6 is 11.3 Å². The van der Waals surface area contributed by atoms with Gasteiger partial charge in [0.15, 0.2) is 5.13 Å². The van der Waals surface area contributed by atoms with Gasteiger partial charge in [0, 0.05) is 5.69 Å². The van der Waals surface area contributed by atoms with Crippen LogP contribution in [0.1, 0.15) is 15.9 Å². The second-order valence-corrected chi connectivity index (χ2v) is 5.56. The first-order chi connectivity index (χ1) is 9.63. The van der Waals surface area contributed by atoms with Crippen LogP contribution in [-0.2, 0) is 0 Å². The van der Waals surface area contributed by atoms with Gasteiger partial charge in [0.2, 0.25) is 0 Å². The fourth-order valence-corrected chi connectivity index (χ4v) is 2.82. The van der Waals surface area contributed by atoms with Gasteiger partial charge in [-0.15, -0.1) is 0 Å². The number of benzene rings is 2. The van der Waals surface area contributed by atoms with E-state index in [0.29, 0.717) is 16.4 Å². The molecule has 0 bridgehead atoms. The molecular weight excluding hydrogens is 270 g/mol. The highest BCUT2D eigenvalue weighted by molar-refractivity contribution is 7.22. The maximum absolute atomic E-state index is 12.2. The van der Waals surface area contributed by atoms with Crippen molar-refractivity contribution in [1.29, 1.82) is 0 Å². The maximum Gasteiger partial charge on any atom is 0.259 e. The standard InChI is InChI=1S/C15H13N3OS/c1-9-6-7-11(16)10(8-9)14(19)18-15-17-12-4-2-3-5-13(12)20-15/h2-8H,16H2,1H3,(H,17,18,19). The highest BCUT2D eigenvalue weighted by Crippen LogP contribution is 2.26. The number of nitrogen functional groups attached to an aromatic ring is 1. The van der Waals surface area contributed by atoms with Crippen LogP contribution in [0.25, 0.3) is 10.2 Å². The summed E-state index contributed by atoms with van der Waals surface area (Å²) in [4.78, 5) is 16.6. The van der Waals surface area contributed by atoms with Gasteiger partial charge < -0.3 is 5.73 Å². The van der Waals surface area contributed by atoms with Crippen molar-refractivity contribution < 1.29 is 4.79 Å². The summed E-state index contributed by atoms with van der Waals surface area (Å²) in [6.45, 7) is 1.92. The van der Waals surface area contributed by atoms with Crippen molar-refractivity contribution in [3.8, 4) is 0 Å². The summed E-state index contributed by atoms with van der Waals surface area (Å²) in [7, 11) is 0. The lowest BCUT2D eigenvalue weighted by molar-refractivity contribution is 0.102. The Labute approximate surface area is 120 Å². The van der Waals surface area contributed by atoms with Crippen molar-refractivity contribution >= 4 is 38.3 Å². The number of anilines is 2. The van der Waals surface area contributed by atoms with Crippen molar-refractivity contribution in [3.63, 3.8) is 0 Å². The molecule has 0 saturated heterocycles. The molecule has 3 aromatic rings. The quantitative estimate of drug-likeness (QED) is 0.708. The number of para-hydroxylation sites is 1. The second-order valence-electron chi connectivity index (χ2n) is 4.53. The minimum absolute atomic E-state index is 0.231. The van der Waals surface area contributed by atoms with Crippen molar-refractivity contribution in [2.45, 2.75) is 6.92 Å². The predicted molar refractivity (Wildman–Crippen MR) is 83.2 cm³/mol. The molecule has 1 heterocycles. The predicted octanol–water partition coefficient (Wildman–Crippen LogP) is 3.44. The number of nitrogens with one attached hydrogen (secondary N) is 1. The molecular formula is C15H13N3OS. The average Bonchev–Trinajstić information content (AvgIpc) is 2.83. The Bertz CT molecular complexity index is 762. The first-order valence-corrected chi connectivity index (χ1v) is 6.98. The van der Waals surface area contributed by atoms with E-state index in [0.717, 1.165) is 15.8 Å². The lowest BCUT2D eigenvalue weighted by Crippen LogP contribution is -2.14. The van der Waals surface area contributed by atoms with Gasteiger partial charge in [0.1, 0.15) is 0 Å². The zero-order chi connectivity index (χ0) is 14.1. The molecule has 3 N–H and O–H groups in total. The number of nitrogens with zero attached hydrogens (tertiary/aromatic N) is 1. The molecule has 3 rings (SSSR count). The number of nitrogens with two attached hydrogens (primary N) is 1. The molecule has 0 aliphatic rings.